The predicted octanol–water partition coefficient (Wildman–Crippen LogP) is 3.62. The van der Waals surface area contributed by atoms with Crippen LogP contribution in [0, 0.1) is 0 Å². The van der Waals surface area contributed by atoms with Gasteiger partial charge in [0, 0.05) is 11.9 Å². The second kappa shape index (κ2) is 4.97. The number of anilines is 1. The van der Waals surface area contributed by atoms with Gasteiger partial charge < -0.3 is 5.32 Å². The lowest BCUT2D eigenvalue weighted by Gasteiger charge is -2.10. The van der Waals surface area contributed by atoms with Crippen LogP contribution in [0.3, 0.4) is 0 Å². The molecule has 0 aliphatic heterocycles. The summed E-state index contributed by atoms with van der Waals surface area (Å²) in [5, 5.41) is 4.57. The van der Waals surface area contributed by atoms with Gasteiger partial charge in [-0.25, -0.2) is 4.98 Å². The monoisotopic (exact) mass is 214 g/mol. The molecule has 0 amide bonds. The highest BCUT2D eigenvalue weighted by atomic mass is 15.0. The molecular formula is C14H18N2. The summed E-state index contributed by atoms with van der Waals surface area (Å²) >= 11 is 0. The van der Waals surface area contributed by atoms with Crippen molar-refractivity contribution >= 4 is 16.7 Å². The topological polar surface area (TPSA) is 24.9 Å². The molecule has 0 spiro atoms. The highest BCUT2D eigenvalue weighted by molar-refractivity contribution is 5.81. The summed E-state index contributed by atoms with van der Waals surface area (Å²) in [5.41, 5.74) is 2.39. The van der Waals surface area contributed by atoms with Crippen molar-refractivity contribution in [3.63, 3.8) is 0 Å². The van der Waals surface area contributed by atoms with Crippen LogP contribution in [0.15, 0.2) is 30.3 Å². The van der Waals surface area contributed by atoms with Crippen molar-refractivity contribution in [3.05, 3.63) is 35.9 Å². The zero-order valence-electron chi connectivity index (χ0n) is 9.96. The fourth-order valence-corrected chi connectivity index (χ4v) is 1.94. The quantitative estimate of drug-likeness (QED) is 0.840. The smallest absolute Gasteiger partial charge is 0.129 e. The third kappa shape index (κ3) is 2.16. The van der Waals surface area contributed by atoms with Crippen molar-refractivity contribution in [3.8, 4) is 0 Å². The number of benzene rings is 1. The molecular weight excluding hydrogens is 196 g/mol. The molecule has 2 heteroatoms. The van der Waals surface area contributed by atoms with E-state index >= 15 is 0 Å². The van der Waals surface area contributed by atoms with Gasteiger partial charge in [0.2, 0.25) is 0 Å². The maximum atomic E-state index is 4.67. The maximum absolute atomic E-state index is 4.67. The van der Waals surface area contributed by atoms with Crippen LogP contribution in [-0.2, 0) is 6.42 Å². The van der Waals surface area contributed by atoms with Crippen LogP contribution in [-0.4, -0.2) is 11.5 Å². The summed E-state index contributed by atoms with van der Waals surface area (Å²) in [6, 6.07) is 10.5. The average molecular weight is 214 g/mol. The molecule has 1 N–H and O–H groups in total. The molecule has 0 radical (unpaired) electrons. The van der Waals surface area contributed by atoms with Gasteiger partial charge in [-0.2, -0.15) is 0 Å². The Balaban J connectivity index is 2.51. The van der Waals surface area contributed by atoms with Crippen LogP contribution in [0.1, 0.15) is 25.8 Å². The normalized spacial score (nSPS) is 10.6. The van der Waals surface area contributed by atoms with Crippen molar-refractivity contribution in [2.45, 2.75) is 26.7 Å². The molecule has 1 aromatic heterocycles. The number of hydrogen-bond acceptors (Lipinski definition) is 2. The summed E-state index contributed by atoms with van der Waals surface area (Å²) in [7, 11) is 0. The number of aryl methyl sites for hydroxylation is 1. The predicted molar refractivity (Wildman–Crippen MR) is 69.9 cm³/mol. The average Bonchev–Trinajstić information content (AvgIpc) is 2.30. The summed E-state index contributed by atoms with van der Waals surface area (Å²) in [5.74, 6) is 1.04. The molecule has 1 heterocycles. The molecule has 0 atom stereocenters. The van der Waals surface area contributed by atoms with Crippen molar-refractivity contribution < 1.29 is 0 Å². The summed E-state index contributed by atoms with van der Waals surface area (Å²) in [6.45, 7) is 5.22. The van der Waals surface area contributed by atoms with Crippen LogP contribution in [0.2, 0.25) is 0 Å². The fraction of sp³-hybridized carbons (Fsp3) is 0.357. The molecule has 0 fully saturated rings. The molecule has 2 rings (SSSR count). The van der Waals surface area contributed by atoms with Crippen LogP contribution < -0.4 is 5.32 Å². The molecule has 0 bridgehead atoms. The van der Waals surface area contributed by atoms with Gasteiger partial charge in [-0.15, -0.1) is 0 Å². The van der Waals surface area contributed by atoms with E-state index in [1.165, 1.54) is 10.9 Å². The molecule has 0 aliphatic carbocycles. The number of para-hydroxylation sites is 1. The zero-order chi connectivity index (χ0) is 11.4. The number of fused-ring (bicyclic) bond motifs is 1. The first-order valence-electron chi connectivity index (χ1n) is 5.97. The van der Waals surface area contributed by atoms with Crippen molar-refractivity contribution in [2.75, 3.05) is 11.9 Å². The van der Waals surface area contributed by atoms with Crippen LogP contribution in [0.25, 0.3) is 10.9 Å². The van der Waals surface area contributed by atoms with Gasteiger partial charge in [0.25, 0.3) is 0 Å². The van der Waals surface area contributed by atoms with E-state index in [9.17, 15) is 0 Å². The fourth-order valence-electron chi connectivity index (χ4n) is 1.94. The van der Waals surface area contributed by atoms with Gasteiger partial charge in [-0.1, -0.05) is 31.5 Å². The minimum absolute atomic E-state index is 0.919. The van der Waals surface area contributed by atoms with Crippen LogP contribution in [0.5, 0.6) is 0 Å². The Labute approximate surface area is 96.7 Å². The molecule has 0 saturated carbocycles. The van der Waals surface area contributed by atoms with E-state index in [1.54, 1.807) is 0 Å². The summed E-state index contributed by atoms with van der Waals surface area (Å²) < 4.78 is 0. The first-order chi connectivity index (χ1) is 7.85. The Bertz CT molecular complexity index is 433. The number of aromatic nitrogens is 1. The number of nitrogens with zero attached hydrogens (tertiary/aromatic N) is 1. The lowest BCUT2D eigenvalue weighted by Crippen LogP contribution is -2.03. The lowest BCUT2D eigenvalue weighted by atomic mass is 10.1. The van der Waals surface area contributed by atoms with Crippen molar-refractivity contribution in [1.29, 1.82) is 0 Å². The third-order valence-electron chi connectivity index (χ3n) is 2.67. The van der Waals surface area contributed by atoms with Gasteiger partial charge >= 0.3 is 0 Å². The van der Waals surface area contributed by atoms with Crippen molar-refractivity contribution in [2.24, 2.45) is 0 Å². The SMILES string of the molecule is CCCc1cc2ccccc2nc1NCC. The van der Waals surface area contributed by atoms with Crippen LogP contribution >= 0.6 is 0 Å². The first kappa shape index (κ1) is 10.9. The standard InChI is InChI=1S/C14H18N2/c1-3-7-12-10-11-8-5-6-9-13(11)16-14(12)15-4-2/h5-6,8-10H,3-4,7H2,1-2H3,(H,15,16). The summed E-state index contributed by atoms with van der Waals surface area (Å²) in [6.07, 6.45) is 2.23. The van der Waals surface area contributed by atoms with Gasteiger partial charge in [0.15, 0.2) is 0 Å². The van der Waals surface area contributed by atoms with E-state index in [-0.39, 0.29) is 0 Å². The van der Waals surface area contributed by atoms with E-state index < -0.39 is 0 Å². The molecule has 0 unspecified atom stereocenters. The van der Waals surface area contributed by atoms with Gasteiger partial charge in [0.05, 0.1) is 5.52 Å². The van der Waals surface area contributed by atoms with Gasteiger partial charge in [0.1, 0.15) is 5.82 Å². The van der Waals surface area contributed by atoms with Crippen LogP contribution in [0.4, 0.5) is 5.82 Å². The first-order valence-corrected chi connectivity index (χ1v) is 5.97. The van der Waals surface area contributed by atoms with Crippen molar-refractivity contribution in [1.82, 2.24) is 4.98 Å². The van der Waals surface area contributed by atoms with Gasteiger partial charge in [-0.05, 0) is 31.0 Å². The lowest BCUT2D eigenvalue weighted by molar-refractivity contribution is 0.916. The Morgan fingerprint density at radius 3 is 2.75 bits per heavy atom. The highest BCUT2D eigenvalue weighted by Gasteiger charge is 2.04. The van der Waals surface area contributed by atoms with E-state index in [2.05, 4.69) is 48.4 Å². The largest absolute Gasteiger partial charge is 0.370 e. The van der Waals surface area contributed by atoms with E-state index in [0.717, 1.165) is 30.7 Å². The molecule has 2 nitrogen and oxygen atoms in total. The molecule has 16 heavy (non-hydrogen) atoms. The number of rotatable bonds is 4. The molecule has 0 saturated heterocycles. The molecule has 1 aromatic carbocycles. The van der Waals surface area contributed by atoms with E-state index in [4.69, 9.17) is 0 Å². The summed E-state index contributed by atoms with van der Waals surface area (Å²) in [4.78, 5) is 4.67. The maximum Gasteiger partial charge on any atom is 0.129 e. The minimum atomic E-state index is 0.919. The Morgan fingerprint density at radius 2 is 2.00 bits per heavy atom. The zero-order valence-corrected chi connectivity index (χ0v) is 9.96. The molecule has 2 aromatic rings. The molecule has 84 valence electrons. The number of pyridine rings is 1. The Hall–Kier alpha value is -1.57. The van der Waals surface area contributed by atoms with Gasteiger partial charge in [-0.3, -0.25) is 0 Å². The Morgan fingerprint density at radius 1 is 1.19 bits per heavy atom. The minimum Gasteiger partial charge on any atom is -0.370 e. The second-order valence-corrected chi connectivity index (χ2v) is 3.97. The number of hydrogen-bond donors (Lipinski definition) is 1. The number of nitrogens with one attached hydrogen (secondary N) is 1. The third-order valence-corrected chi connectivity index (χ3v) is 2.67. The van der Waals surface area contributed by atoms with E-state index in [1.807, 2.05) is 6.07 Å². The van der Waals surface area contributed by atoms with E-state index in [0.29, 0.717) is 0 Å². The molecule has 0 aliphatic rings. The second-order valence-electron chi connectivity index (χ2n) is 3.97. The Kier molecular flexibility index (Phi) is 3.40. The highest BCUT2D eigenvalue weighted by Crippen LogP contribution is 2.21.